The number of hydrogen-bond acceptors (Lipinski definition) is 3. The van der Waals surface area contributed by atoms with Crippen LogP contribution < -0.4 is 10.1 Å². The topological polar surface area (TPSA) is 30.5 Å². The van der Waals surface area contributed by atoms with Gasteiger partial charge in [0.15, 0.2) is 6.79 Å². The van der Waals surface area contributed by atoms with Gasteiger partial charge in [0.2, 0.25) is 0 Å². The molecule has 0 aromatic heterocycles. The number of benzene rings is 1. The zero-order chi connectivity index (χ0) is 16.1. The van der Waals surface area contributed by atoms with Gasteiger partial charge in [-0.2, -0.15) is 26.3 Å². The average molecular weight is 317 g/mol. The summed E-state index contributed by atoms with van der Waals surface area (Å²) in [4.78, 5) is 0. The predicted molar refractivity (Wildman–Crippen MR) is 61.7 cm³/mol. The summed E-state index contributed by atoms with van der Waals surface area (Å²) in [6, 6.07) is 3.30. The van der Waals surface area contributed by atoms with E-state index >= 15 is 0 Å². The van der Waals surface area contributed by atoms with Crippen molar-refractivity contribution in [2.45, 2.75) is 18.9 Å². The van der Waals surface area contributed by atoms with E-state index in [-0.39, 0.29) is 6.54 Å². The maximum atomic E-state index is 12.8. The number of hydrogen-bond donors (Lipinski definition) is 1. The van der Waals surface area contributed by atoms with Crippen LogP contribution in [-0.4, -0.2) is 26.6 Å². The van der Waals surface area contributed by atoms with Crippen LogP contribution in [0.4, 0.5) is 26.3 Å². The molecule has 1 rings (SSSR count). The second kappa shape index (κ2) is 6.99. The van der Waals surface area contributed by atoms with E-state index in [1.54, 1.807) is 7.05 Å². The Bertz CT molecular complexity index is 458. The van der Waals surface area contributed by atoms with Gasteiger partial charge >= 0.3 is 12.4 Å². The third kappa shape index (κ3) is 6.21. The van der Waals surface area contributed by atoms with Gasteiger partial charge in [-0.3, -0.25) is 0 Å². The Morgan fingerprint density at radius 1 is 1.10 bits per heavy atom. The Hall–Kier alpha value is -1.48. The standard InChI is InChI=1S/C12H13F6NO2/c1-19-5-8-2-3-10(9(4-8)12(16,17)18)21-7-20-6-11(13,14)15/h2-4,19H,5-7H2,1H3. The normalized spacial score (nSPS) is 12.5. The first-order valence-corrected chi connectivity index (χ1v) is 5.75. The summed E-state index contributed by atoms with van der Waals surface area (Å²) in [5.41, 5.74) is -0.695. The summed E-state index contributed by atoms with van der Waals surface area (Å²) < 4.78 is 82.7. The van der Waals surface area contributed by atoms with Gasteiger partial charge in [-0.05, 0) is 24.7 Å². The lowest BCUT2D eigenvalue weighted by molar-refractivity contribution is -0.187. The van der Waals surface area contributed by atoms with E-state index in [4.69, 9.17) is 0 Å². The van der Waals surface area contributed by atoms with E-state index in [0.29, 0.717) is 5.56 Å². The molecule has 0 spiro atoms. The van der Waals surface area contributed by atoms with Gasteiger partial charge < -0.3 is 14.8 Å². The van der Waals surface area contributed by atoms with Crippen molar-refractivity contribution in [2.75, 3.05) is 20.4 Å². The minimum atomic E-state index is -4.68. The maximum Gasteiger partial charge on any atom is 0.419 e. The van der Waals surface area contributed by atoms with Crippen LogP contribution in [-0.2, 0) is 17.5 Å². The van der Waals surface area contributed by atoms with Gasteiger partial charge in [0, 0.05) is 6.54 Å². The molecule has 1 N–H and O–H groups in total. The van der Waals surface area contributed by atoms with Crippen molar-refractivity contribution in [2.24, 2.45) is 0 Å². The highest BCUT2D eigenvalue weighted by atomic mass is 19.4. The van der Waals surface area contributed by atoms with E-state index in [0.717, 1.165) is 12.1 Å². The minimum Gasteiger partial charge on any atom is -0.467 e. The van der Waals surface area contributed by atoms with Gasteiger partial charge in [0.05, 0.1) is 5.56 Å². The highest BCUT2D eigenvalue weighted by Crippen LogP contribution is 2.36. The Morgan fingerprint density at radius 2 is 1.76 bits per heavy atom. The summed E-state index contributed by atoms with van der Waals surface area (Å²) in [6.45, 7) is -2.30. The molecule has 0 bridgehead atoms. The van der Waals surface area contributed by atoms with Crippen LogP contribution >= 0.6 is 0 Å². The van der Waals surface area contributed by atoms with Crippen LogP contribution in [0.2, 0.25) is 0 Å². The molecule has 120 valence electrons. The Kier molecular flexibility index (Phi) is 5.85. The van der Waals surface area contributed by atoms with Crippen LogP contribution in [0.5, 0.6) is 5.75 Å². The molecule has 1 aromatic carbocycles. The zero-order valence-electron chi connectivity index (χ0n) is 10.9. The van der Waals surface area contributed by atoms with Crippen molar-refractivity contribution >= 4 is 0 Å². The molecule has 0 unspecified atom stereocenters. The number of nitrogens with one attached hydrogen (secondary N) is 1. The number of halogens is 6. The summed E-state index contributed by atoms with van der Waals surface area (Å²) in [6.07, 6.45) is -9.24. The van der Waals surface area contributed by atoms with Gasteiger partial charge in [-0.15, -0.1) is 0 Å². The fourth-order valence-electron chi connectivity index (χ4n) is 1.50. The van der Waals surface area contributed by atoms with Crippen LogP contribution in [0.3, 0.4) is 0 Å². The van der Waals surface area contributed by atoms with Crippen molar-refractivity contribution in [3.05, 3.63) is 29.3 Å². The molecule has 1 aromatic rings. The Morgan fingerprint density at radius 3 is 2.29 bits per heavy atom. The van der Waals surface area contributed by atoms with Gasteiger partial charge in [-0.25, -0.2) is 0 Å². The summed E-state index contributed by atoms with van der Waals surface area (Å²) >= 11 is 0. The fraction of sp³-hybridized carbons (Fsp3) is 0.500. The molecule has 0 heterocycles. The van der Waals surface area contributed by atoms with Crippen molar-refractivity contribution in [3.63, 3.8) is 0 Å². The molecule has 3 nitrogen and oxygen atoms in total. The lowest BCUT2D eigenvalue weighted by atomic mass is 10.1. The van der Waals surface area contributed by atoms with Gasteiger partial charge in [0.25, 0.3) is 0 Å². The average Bonchev–Trinajstić information content (AvgIpc) is 2.34. The number of ether oxygens (including phenoxy) is 2. The van der Waals surface area contributed by atoms with Gasteiger partial charge in [-0.1, -0.05) is 6.07 Å². The fourth-order valence-corrected chi connectivity index (χ4v) is 1.50. The van der Waals surface area contributed by atoms with Crippen LogP contribution in [0.1, 0.15) is 11.1 Å². The molecule has 0 fully saturated rings. The molecule has 0 radical (unpaired) electrons. The van der Waals surface area contributed by atoms with E-state index in [1.807, 2.05) is 0 Å². The van der Waals surface area contributed by atoms with Crippen molar-refractivity contribution in [1.82, 2.24) is 5.32 Å². The molecule has 9 heteroatoms. The summed E-state index contributed by atoms with van der Waals surface area (Å²) in [5, 5.41) is 2.69. The highest BCUT2D eigenvalue weighted by Gasteiger charge is 2.35. The third-order valence-corrected chi connectivity index (χ3v) is 2.29. The van der Waals surface area contributed by atoms with Crippen molar-refractivity contribution in [3.8, 4) is 5.75 Å². The quantitative estimate of drug-likeness (QED) is 0.496. The molecule has 21 heavy (non-hydrogen) atoms. The van der Waals surface area contributed by atoms with E-state index in [1.165, 1.54) is 6.07 Å². The maximum absolute atomic E-state index is 12.8. The van der Waals surface area contributed by atoms with Crippen LogP contribution in [0.15, 0.2) is 18.2 Å². The zero-order valence-corrected chi connectivity index (χ0v) is 10.9. The van der Waals surface area contributed by atoms with E-state index in [2.05, 4.69) is 14.8 Å². The molecule has 0 aliphatic rings. The third-order valence-electron chi connectivity index (χ3n) is 2.29. The SMILES string of the molecule is CNCc1ccc(OCOCC(F)(F)F)c(C(F)(F)F)c1. The van der Waals surface area contributed by atoms with Gasteiger partial charge in [0.1, 0.15) is 12.4 Å². The lowest BCUT2D eigenvalue weighted by Gasteiger charge is -2.15. The second-order valence-corrected chi connectivity index (χ2v) is 4.08. The first-order chi connectivity index (χ1) is 9.63. The first kappa shape index (κ1) is 17.6. The number of alkyl halides is 6. The molecule has 0 atom stereocenters. The molecule has 0 saturated heterocycles. The van der Waals surface area contributed by atoms with Crippen molar-refractivity contribution in [1.29, 1.82) is 0 Å². The molecule has 0 aliphatic carbocycles. The molecular formula is C12H13F6NO2. The molecular weight excluding hydrogens is 304 g/mol. The number of rotatable bonds is 6. The molecule has 0 saturated carbocycles. The summed E-state index contributed by atoms with van der Waals surface area (Å²) in [5.74, 6) is -0.579. The van der Waals surface area contributed by atoms with Crippen LogP contribution in [0.25, 0.3) is 0 Å². The molecule has 0 amide bonds. The highest BCUT2D eigenvalue weighted by molar-refractivity contribution is 5.39. The Labute approximate surface area is 116 Å². The monoisotopic (exact) mass is 317 g/mol. The first-order valence-electron chi connectivity index (χ1n) is 5.75. The Balaban J connectivity index is 2.77. The summed E-state index contributed by atoms with van der Waals surface area (Å²) in [7, 11) is 1.57. The largest absolute Gasteiger partial charge is 0.467 e. The smallest absolute Gasteiger partial charge is 0.419 e. The second-order valence-electron chi connectivity index (χ2n) is 4.08. The van der Waals surface area contributed by atoms with E-state index in [9.17, 15) is 26.3 Å². The predicted octanol–water partition coefficient (Wildman–Crippen LogP) is 3.34. The van der Waals surface area contributed by atoms with Crippen LogP contribution in [0, 0.1) is 0 Å². The van der Waals surface area contributed by atoms with Crippen molar-refractivity contribution < 1.29 is 35.8 Å². The lowest BCUT2D eigenvalue weighted by Crippen LogP contribution is -2.19. The van der Waals surface area contributed by atoms with E-state index < -0.39 is 37.1 Å². The minimum absolute atomic E-state index is 0.216. The molecule has 0 aliphatic heterocycles.